The SMILES string of the molecule is [B]c1cc([B])c([B])c(C[C@H](N)C(=O)O)c1[B]. The zero-order valence-corrected chi connectivity index (χ0v) is 8.60. The minimum atomic E-state index is -1.14. The lowest BCUT2D eigenvalue weighted by Gasteiger charge is -2.18. The molecule has 1 aromatic carbocycles. The second-order valence-electron chi connectivity index (χ2n) is 3.51. The van der Waals surface area contributed by atoms with E-state index in [4.69, 9.17) is 42.2 Å². The Hall–Kier alpha value is -1.09. The Morgan fingerprint density at radius 1 is 1.25 bits per heavy atom. The van der Waals surface area contributed by atoms with Crippen LogP contribution in [0.15, 0.2) is 6.07 Å². The van der Waals surface area contributed by atoms with Crippen LogP contribution in [0.4, 0.5) is 0 Å². The Kier molecular flexibility index (Phi) is 3.92. The molecule has 0 saturated heterocycles. The zero-order chi connectivity index (χ0) is 12.5. The molecule has 0 amide bonds. The maximum absolute atomic E-state index is 10.6. The molecule has 8 radical (unpaired) electrons. The molecule has 3 N–H and O–H groups in total. The Morgan fingerprint density at radius 2 is 1.69 bits per heavy atom. The molecule has 0 saturated carbocycles. The lowest BCUT2D eigenvalue weighted by Crippen LogP contribution is -2.46. The number of rotatable bonds is 3. The fourth-order valence-electron chi connectivity index (χ4n) is 1.34. The second-order valence-corrected chi connectivity index (χ2v) is 3.51. The van der Waals surface area contributed by atoms with Gasteiger partial charge in [-0.05, 0) is 6.42 Å². The molecule has 7 heteroatoms. The Bertz CT molecular complexity index is 410. The molecule has 16 heavy (non-hydrogen) atoms. The van der Waals surface area contributed by atoms with Crippen LogP contribution in [0.3, 0.4) is 0 Å². The van der Waals surface area contributed by atoms with Crippen molar-refractivity contribution < 1.29 is 9.90 Å². The molecule has 0 bridgehead atoms. The number of nitrogens with two attached hydrogens (primary N) is 1. The summed E-state index contributed by atoms with van der Waals surface area (Å²) in [5.41, 5.74) is 6.75. The molecule has 0 aromatic heterocycles. The molecule has 1 rings (SSSR count). The van der Waals surface area contributed by atoms with Crippen LogP contribution in [0.2, 0.25) is 0 Å². The highest BCUT2D eigenvalue weighted by Gasteiger charge is 2.15. The number of benzene rings is 1. The van der Waals surface area contributed by atoms with Crippen molar-refractivity contribution in [2.75, 3.05) is 0 Å². The highest BCUT2D eigenvalue weighted by atomic mass is 16.4. The number of carboxylic acid groups (broad SMARTS) is 1. The average molecular weight is 204 g/mol. The summed E-state index contributed by atoms with van der Waals surface area (Å²) in [4.78, 5) is 10.6. The quantitative estimate of drug-likeness (QED) is 0.491. The van der Waals surface area contributed by atoms with Gasteiger partial charge in [-0.2, -0.15) is 0 Å². The Morgan fingerprint density at radius 3 is 2.06 bits per heavy atom. The summed E-state index contributed by atoms with van der Waals surface area (Å²) < 4.78 is 0. The van der Waals surface area contributed by atoms with Crippen molar-refractivity contribution in [3.63, 3.8) is 0 Å². The highest BCUT2D eigenvalue weighted by Crippen LogP contribution is 1.94. The maximum Gasteiger partial charge on any atom is 0.320 e. The fourth-order valence-corrected chi connectivity index (χ4v) is 1.34. The number of hydrogen-bond acceptors (Lipinski definition) is 2. The molecular weight excluding hydrogens is 197 g/mol. The number of aliphatic carboxylic acids is 1. The smallest absolute Gasteiger partial charge is 0.320 e. The molecule has 0 spiro atoms. The predicted octanol–water partition coefficient (Wildman–Crippen LogP) is -4.18. The van der Waals surface area contributed by atoms with E-state index in [2.05, 4.69) is 0 Å². The lowest BCUT2D eigenvalue weighted by molar-refractivity contribution is -0.138. The van der Waals surface area contributed by atoms with E-state index in [1.807, 2.05) is 0 Å². The minimum absolute atomic E-state index is 0.0117. The summed E-state index contributed by atoms with van der Waals surface area (Å²) >= 11 is 0. The van der Waals surface area contributed by atoms with Crippen molar-refractivity contribution in [3.05, 3.63) is 11.6 Å². The zero-order valence-electron chi connectivity index (χ0n) is 8.60. The van der Waals surface area contributed by atoms with Gasteiger partial charge < -0.3 is 10.8 Å². The van der Waals surface area contributed by atoms with Crippen molar-refractivity contribution in [3.8, 4) is 0 Å². The van der Waals surface area contributed by atoms with Gasteiger partial charge in [0.2, 0.25) is 0 Å². The summed E-state index contributed by atoms with van der Waals surface area (Å²) in [7, 11) is 22.6. The molecule has 0 fully saturated rings. The van der Waals surface area contributed by atoms with E-state index in [0.717, 1.165) is 0 Å². The van der Waals surface area contributed by atoms with Gasteiger partial charge in [0.1, 0.15) is 37.4 Å². The number of carboxylic acids is 1. The minimum Gasteiger partial charge on any atom is -0.480 e. The first-order valence-electron chi connectivity index (χ1n) is 4.54. The van der Waals surface area contributed by atoms with Crippen molar-refractivity contribution in [2.24, 2.45) is 5.73 Å². The normalized spacial score (nSPS) is 12.3. The number of hydrogen-bond donors (Lipinski definition) is 2. The first-order valence-corrected chi connectivity index (χ1v) is 4.54. The molecular formula is C9H7B4NO2. The van der Waals surface area contributed by atoms with Crippen LogP contribution >= 0.6 is 0 Å². The van der Waals surface area contributed by atoms with E-state index in [0.29, 0.717) is 5.56 Å². The third-order valence-corrected chi connectivity index (χ3v) is 2.32. The number of carbonyl (C=O) groups is 1. The summed E-state index contributed by atoms with van der Waals surface area (Å²) in [6.45, 7) is 0. The van der Waals surface area contributed by atoms with Crippen molar-refractivity contribution in [1.82, 2.24) is 0 Å². The van der Waals surface area contributed by atoms with E-state index in [1.165, 1.54) is 6.07 Å². The molecule has 0 aliphatic rings. The van der Waals surface area contributed by atoms with Gasteiger partial charge in [0.05, 0.1) is 0 Å². The van der Waals surface area contributed by atoms with Gasteiger partial charge in [0.15, 0.2) is 0 Å². The third-order valence-electron chi connectivity index (χ3n) is 2.32. The standard InChI is InChI=1S/C9H7B4NO2/c10-4-2-5(11)8(13)3(7(4)12)1-6(14)9(15)16/h2,6H,1,14H2,(H,15,16)/t6-/m0/s1. The summed E-state index contributed by atoms with van der Waals surface area (Å²) in [6, 6.07) is 0.339. The second kappa shape index (κ2) is 4.83. The predicted molar refractivity (Wildman–Crippen MR) is 67.3 cm³/mol. The van der Waals surface area contributed by atoms with E-state index in [9.17, 15) is 4.79 Å². The summed E-state index contributed by atoms with van der Waals surface area (Å²) in [5.74, 6) is -1.14. The van der Waals surface area contributed by atoms with Crippen molar-refractivity contribution in [2.45, 2.75) is 12.5 Å². The maximum atomic E-state index is 10.6. The molecule has 0 aliphatic heterocycles. The molecule has 0 aliphatic carbocycles. The average Bonchev–Trinajstić information content (AvgIpc) is 2.21. The highest BCUT2D eigenvalue weighted by molar-refractivity contribution is 6.56. The largest absolute Gasteiger partial charge is 0.480 e. The van der Waals surface area contributed by atoms with Gasteiger partial charge >= 0.3 is 5.97 Å². The molecule has 1 atom stereocenters. The van der Waals surface area contributed by atoms with Crippen molar-refractivity contribution in [1.29, 1.82) is 0 Å². The lowest BCUT2D eigenvalue weighted by atomic mass is 9.66. The van der Waals surface area contributed by atoms with Crippen LogP contribution in [0.25, 0.3) is 0 Å². The van der Waals surface area contributed by atoms with Crippen LogP contribution < -0.4 is 27.6 Å². The third kappa shape index (κ3) is 2.53. The van der Waals surface area contributed by atoms with E-state index in [1.54, 1.807) is 0 Å². The van der Waals surface area contributed by atoms with Crippen molar-refractivity contribution >= 4 is 59.2 Å². The Labute approximate surface area is 99.4 Å². The Balaban J connectivity index is 3.17. The van der Waals surface area contributed by atoms with Gasteiger partial charge in [-0.1, -0.05) is 11.6 Å². The topological polar surface area (TPSA) is 63.3 Å². The van der Waals surface area contributed by atoms with Crippen LogP contribution in [0.5, 0.6) is 0 Å². The summed E-state index contributed by atoms with van der Waals surface area (Å²) in [5, 5.41) is 8.69. The fraction of sp³-hybridized carbons (Fsp3) is 0.222. The van der Waals surface area contributed by atoms with Gasteiger partial charge in [0.25, 0.3) is 0 Å². The van der Waals surface area contributed by atoms with Gasteiger partial charge in [-0.25, -0.2) is 0 Å². The van der Waals surface area contributed by atoms with Crippen LogP contribution in [-0.4, -0.2) is 48.5 Å². The van der Waals surface area contributed by atoms with Gasteiger partial charge in [-0.3, -0.25) is 4.79 Å². The monoisotopic (exact) mass is 205 g/mol. The van der Waals surface area contributed by atoms with E-state index >= 15 is 0 Å². The molecule has 3 nitrogen and oxygen atoms in total. The van der Waals surface area contributed by atoms with Crippen LogP contribution in [0.1, 0.15) is 5.56 Å². The molecule has 0 unspecified atom stereocenters. The van der Waals surface area contributed by atoms with Crippen LogP contribution in [0, 0.1) is 0 Å². The molecule has 0 heterocycles. The first-order chi connectivity index (χ1) is 7.34. The van der Waals surface area contributed by atoms with Gasteiger partial charge in [-0.15, -0.1) is 21.9 Å². The van der Waals surface area contributed by atoms with Crippen LogP contribution in [-0.2, 0) is 11.2 Å². The first kappa shape index (κ1) is 13.0. The molecule has 72 valence electrons. The summed E-state index contributed by atoms with van der Waals surface area (Å²) in [6.07, 6.45) is -0.0117. The molecule has 1 aromatic rings. The van der Waals surface area contributed by atoms with E-state index < -0.39 is 12.0 Å². The van der Waals surface area contributed by atoms with Gasteiger partial charge in [0, 0.05) is 0 Å². The van der Waals surface area contributed by atoms with E-state index in [-0.39, 0.29) is 28.3 Å².